The zero-order valence-electron chi connectivity index (χ0n) is 14.3. The predicted molar refractivity (Wildman–Crippen MR) is 97.3 cm³/mol. The molecule has 0 bridgehead atoms. The van der Waals surface area contributed by atoms with Gasteiger partial charge in [0.05, 0.1) is 5.69 Å². The lowest BCUT2D eigenvalue weighted by Crippen LogP contribution is -2.37. The number of amides is 1. The topological polar surface area (TPSA) is 36.4 Å². The number of nitrogens with zero attached hydrogens (tertiary/aromatic N) is 3. The summed E-state index contributed by atoms with van der Waals surface area (Å²) in [5.74, 6) is 0.0576. The van der Waals surface area contributed by atoms with E-state index in [1.807, 2.05) is 6.92 Å². The predicted octanol–water partition coefficient (Wildman–Crippen LogP) is 3.56. The molecule has 24 heavy (non-hydrogen) atoms. The minimum absolute atomic E-state index is 0.0576. The van der Waals surface area contributed by atoms with E-state index in [-0.39, 0.29) is 5.91 Å². The summed E-state index contributed by atoms with van der Waals surface area (Å²) < 4.78 is 0. The molecule has 2 aliphatic rings. The molecular weight excluding hydrogens is 318 g/mol. The Kier molecular flexibility index (Phi) is 3.93. The number of hydrogen-bond acceptors (Lipinski definition) is 4. The van der Waals surface area contributed by atoms with Crippen molar-refractivity contribution in [2.45, 2.75) is 45.2 Å². The number of anilines is 1. The quantitative estimate of drug-likeness (QED) is 0.853. The van der Waals surface area contributed by atoms with Crippen LogP contribution in [-0.2, 0) is 23.3 Å². The van der Waals surface area contributed by atoms with Gasteiger partial charge in [0, 0.05) is 43.9 Å². The molecule has 1 aromatic heterocycles. The van der Waals surface area contributed by atoms with Gasteiger partial charge < -0.3 is 0 Å². The van der Waals surface area contributed by atoms with Crippen molar-refractivity contribution in [2.24, 2.45) is 0 Å². The summed E-state index contributed by atoms with van der Waals surface area (Å²) in [6.45, 7) is 7.24. The molecule has 2 aromatic rings. The Balaban J connectivity index is 1.51. The molecule has 0 radical (unpaired) electrons. The van der Waals surface area contributed by atoms with Crippen LogP contribution >= 0.6 is 11.3 Å². The van der Waals surface area contributed by atoms with E-state index in [0.717, 1.165) is 30.5 Å². The van der Waals surface area contributed by atoms with Gasteiger partial charge in [0.1, 0.15) is 0 Å². The van der Waals surface area contributed by atoms with E-state index in [4.69, 9.17) is 4.98 Å². The van der Waals surface area contributed by atoms with Crippen LogP contribution in [0.25, 0.3) is 0 Å². The van der Waals surface area contributed by atoms with E-state index < -0.39 is 0 Å². The van der Waals surface area contributed by atoms with E-state index in [9.17, 15) is 4.79 Å². The Labute approximate surface area is 147 Å². The van der Waals surface area contributed by atoms with E-state index >= 15 is 0 Å². The first-order valence-electron chi connectivity index (χ1n) is 8.64. The number of carbonyl (C=O) groups is 1. The summed E-state index contributed by atoms with van der Waals surface area (Å²) in [4.78, 5) is 20.6. The van der Waals surface area contributed by atoms with Gasteiger partial charge in [0.15, 0.2) is 5.13 Å². The average molecular weight is 341 g/mol. The maximum atomic E-state index is 11.7. The number of fused-ring (bicyclic) bond motifs is 2. The molecule has 4 rings (SSSR count). The SMILES string of the molecule is CCN(C(C)=O)c1nc(CN2Cc3ccccc3C3(CC3)C2)cs1. The molecule has 1 amide bonds. The third kappa shape index (κ3) is 2.76. The maximum absolute atomic E-state index is 11.7. The zero-order chi connectivity index (χ0) is 16.7. The fourth-order valence-corrected chi connectivity index (χ4v) is 4.81. The van der Waals surface area contributed by atoms with Crippen LogP contribution in [0.5, 0.6) is 0 Å². The second-order valence-corrected chi connectivity index (χ2v) is 7.80. The summed E-state index contributed by atoms with van der Waals surface area (Å²) in [5.41, 5.74) is 4.50. The van der Waals surface area contributed by atoms with Gasteiger partial charge in [-0.05, 0) is 30.9 Å². The number of hydrogen-bond donors (Lipinski definition) is 0. The largest absolute Gasteiger partial charge is 0.292 e. The summed E-state index contributed by atoms with van der Waals surface area (Å²) in [6, 6.07) is 8.89. The van der Waals surface area contributed by atoms with Crippen LogP contribution in [0.4, 0.5) is 5.13 Å². The van der Waals surface area contributed by atoms with Gasteiger partial charge in [-0.25, -0.2) is 4.98 Å². The van der Waals surface area contributed by atoms with Gasteiger partial charge >= 0.3 is 0 Å². The molecule has 1 saturated carbocycles. The van der Waals surface area contributed by atoms with Crippen molar-refractivity contribution in [3.05, 3.63) is 46.5 Å². The van der Waals surface area contributed by atoms with Crippen molar-refractivity contribution in [3.8, 4) is 0 Å². The third-order valence-electron chi connectivity index (χ3n) is 5.21. The molecule has 4 nitrogen and oxygen atoms in total. The Bertz CT molecular complexity index is 765. The van der Waals surface area contributed by atoms with Gasteiger partial charge in [-0.3, -0.25) is 14.6 Å². The molecule has 1 aromatic carbocycles. The first-order chi connectivity index (χ1) is 11.6. The molecule has 0 N–H and O–H groups in total. The van der Waals surface area contributed by atoms with Crippen molar-refractivity contribution in [2.75, 3.05) is 18.0 Å². The van der Waals surface area contributed by atoms with Gasteiger partial charge in [0.2, 0.25) is 5.91 Å². The zero-order valence-corrected chi connectivity index (χ0v) is 15.1. The molecule has 0 saturated heterocycles. The Morgan fingerprint density at radius 2 is 2.17 bits per heavy atom. The normalized spacial score (nSPS) is 18.4. The standard InChI is InChI=1S/C19H23N3OS/c1-3-22(14(2)23)18-20-16(12-24-18)11-21-10-15-6-4-5-7-17(15)19(13-21)8-9-19/h4-7,12H,3,8-11,13H2,1-2H3. The Morgan fingerprint density at radius 3 is 2.88 bits per heavy atom. The number of benzene rings is 1. The van der Waals surface area contributed by atoms with Crippen molar-refractivity contribution < 1.29 is 4.79 Å². The molecular formula is C19H23N3OS. The van der Waals surface area contributed by atoms with Gasteiger partial charge in [-0.15, -0.1) is 11.3 Å². The smallest absolute Gasteiger partial charge is 0.225 e. The Morgan fingerprint density at radius 1 is 1.38 bits per heavy atom. The molecule has 1 aliphatic carbocycles. The van der Waals surface area contributed by atoms with Crippen molar-refractivity contribution in [1.82, 2.24) is 9.88 Å². The summed E-state index contributed by atoms with van der Waals surface area (Å²) >= 11 is 1.57. The minimum Gasteiger partial charge on any atom is -0.292 e. The summed E-state index contributed by atoms with van der Waals surface area (Å²) in [7, 11) is 0. The lowest BCUT2D eigenvalue weighted by molar-refractivity contribution is -0.116. The molecule has 1 spiro atoms. The third-order valence-corrected chi connectivity index (χ3v) is 6.13. The molecule has 0 atom stereocenters. The second-order valence-electron chi connectivity index (χ2n) is 6.97. The number of thiazole rings is 1. The number of rotatable bonds is 4. The van der Waals surface area contributed by atoms with Gasteiger partial charge in [0.25, 0.3) is 0 Å². The first kappa shape index (κ1) is 15.8. The van der Waals surface area contributed by atoms with Crippen LogP contribution in [0.1, 0.15) is 43.5 Å². The highest BCUT2D eigenvalue weighted by Crippen LogP contribution is 2.52. The van der Waals surface area contributed by atoms with Crippen LogP contribution in [0.2, 0.25) is 0 Å². The van der Waals surface area contributed by atoms with Crippen LogP contribution in [0.3, 0.4) is 0 Å². The van der Waals surface area contributed by atoms with E-state index in [0.29, 0.717) is 12.0 Å². The molecule has 1 aliphatic heterocycles. The van der Waals surface area contributed by atoms with Gasteiger partial charge in [-0.1, -0.05) is 24.3 Å². The molecule has 126 valence electrons. The lowest BCUT2D eigenvalue weighted by Gasteiger charge is -2.34. The minimum atomic E-state index is 0.0576. The van der Waals surface area contributed by atoms with Crippen LogP contribution in [0, 0.1) is 0 Å². The molecule has 5 heteroatoms. The Hall–Kier alpha value is -1.72. The van der Waals surface area contributed by atoms with Gasteiger partial charge in [-0.2, -0.15) is 0 Å². The van der Waals surface area contributed by atoms with E-state index in [1.165, 1.54) is 18.4 Å². The van der Waals surface area contributed by atoms with Crippen molar-refractivity contribution >= 4 is 22.4 Å². The second kappa shape index (κ2) is 5.97. The van der Waals surface area contributed by atoms with Crippen LogP contribution < -0.4 is 4.90 Å². The van der Waals surface area contributed by atoms with E-state index in [2.05, 4.69) is 34.5 Å². The first-order valence-corrected chi connectivity index (χ1v) is 9.52. The highest BCUT2D eigenvalue weighted by molar-refractivity contribution is 7.14. The lowest BCUT2D eigenvalue weighted by atomic mass is 9.87. The van der Waals surface area contributed by atoms with Crippen molar-refractivity contribution in [1.29, 1.82) is 0 Å². The fourth-order valence-electron chi connectivity index (χ4n) is 3.89. The van der Waals surface area contributed by atoms with Crippen molar-refractivity contribution in [3.63, 3.8) is 0 Å². The molecule has 2 heterocycles. The molecule has 1 fully saturated rings. The highest BCUT2D eigenvalue weighted by atomic mass is 32.1. The summed E-state index contributed by atoms with van der Waals surface area (Å²) in [5, 5.41) is 2.92. The number of carbonyl (C=O) groups excluding carboxylic acids is 1. The van der Waals surface area contributed by atoms with Crippen LogP contribution in [-0.4, -0.2) is 28.9 Å². The number of aromatic nitrogens is 1. The molecule has 0 unspecified atom stereocenters. The monoisotopic (exact) mass is 341 g/mol. The van der Waals surface area contributed by atoms with E-state index in [1.54, 1.807) is 28.7 Å². The van der Waals surface area contributed by atoms with Crippen LogP contribution in [0.15, 0.2) is 29.6 Å². The summed E-state index contributed by atoms with van der Waals surface area (Å²) in [6.07, 6.45) is 2.60. The fraction of sp³-hybridized carbons (Fsp3) is 0.474. The average Bonchev–Trinajstić information content (AvgIpc) is 3.17. The maximum Gasteiger partial charge on any atom is 0.225 e. The highest BCUT2D eigenvalue weighted by Gasteiger charge is 2.48.